The summed E-state index contributed by atoms with van der Waals surface area (Å²) in [7, 11) is 0. The number of carboxylic acid groups (broad SMARTS) is 1. The van der Waals surface area contributed by atoms with Crippen LogP contribution >= 0.6 is 15.9 Å². The van der Waals surface area contributed by atoms with E-state index < -0.39 is 5.97 Å². The largest absolute Gasteiger partial charge is 0.477 e. The van der Waals surface area contributed by atoms with Gasteiger partial charge in [0.25, 0.3) is 0 Å². The summed E-state index contributed by atoms with van der Waals surface area (Å²) in [5.74, 6) is -0.886. The molecule has 1 aromatic carbocycles. The molecule has 0 atom stereocenters. The van der Waals surface area contributed by atoms with E-state index in [0.29, 0.717) is 12.2 Å². The van der Waals surface area contributed by atoms with Gasteiger partial charge in [-0.05, 0) is 47.0 Å². The van der Waals surface area contributed by atoms with Crippen LogP contribution in [0.15, 0.2) is 34.8 Å². The Kier molecular flexibility index (Phi) is 4.10. The third-order valence-electron chi connectivity index (χ3n) is 3.11. The standard InChI is InChI=1S/C15H16BrNO2/c1-3-9-17-12(7-8-13(17)15(18)19)11-6-4-5-10(2)14(11)16/h4-8H,3,9H2,1-2H3,(H,18,19). The molecule has 0 unspecified atom stereocenters. The Morgan fingerprint density at radius 3 is 2.68 bits per heavy atom. The Labute approximate surface area is 121 Å². The Balaban J connectivity index is 2.62. The lowest BCUT2D eigenvalue weighted by atomic mass is 10.1. The molecule has 2 rings (SSSR count). The summed E-state index contributed by atoms with van der Waals surface area (Å²) in [5, 5.41) is 9.24. The smallest absolute Gasteiger partial charge is 0.352 e. The van der Waals surface area contributed by atoms with E-state index >= 15 is 0 Å². The van der Waals surface area contributed by atoms with Crippen LogP contribution in [0.25, 0.3) is 11.3 Å². The van der Waals surface area contributed by atoms with Crippen LogP contribution in [0.3, 0.4) is 0 Å². The molecule has 19 heavy (non-hydrogen) atoms. The van der Waals surface area contributed by atoms with Crippen molar-refractivity contribution in [3.8, 4) is 11.3 Å². The van der Waals surface area contributed by atoms with E-state index in [2.05, 4.69) is 15.9 Å². The number of aryl methyl sites for hydroxylation is 1. The van der Waals surface area contributed by atoms with Crippen molar-refractivity contribution in [2.24, 2.45) is 0 Å². The molecule has 4 heteroatoms. The van der Waals surface area contributed by atoms with E-state index in [1.807, 2.05) is 42.7 Å². The van der Waals surface area contributed by atoms with Crippen molar-refractivity contribution in [2.75, 3.05) is 0 Å². The molecule has 0 spiro atoms. The van der Waals surface area contributed by atoms with E-state index in [4.69, 9.17) is 0 Å². The molecule has 1 heterocycles. The highest BCUT2D eigenvalue weighted by Gasteiger charge is 2.16. The highest BCUT2D eigenvalue weighted by molar-refractivity contribution is 9.10. The minimum Gasteiger partial charge on any atom is -0.477 e. The van der Waals surface area contributed by atoms with Crippen LogP contribution in [0.2, 0.25) is 0 Å². The maximum atomic E-state index is 11.3. The third-order valence-corrected chi connectivity index (χ3v) is 4.17. The third kappa shape index (κ3) is 2.59. The fraction of sp³-hybridized carbons (Fsp3) is 0.267. The van der Waals surface area contributed by atoms with E-state index in [9.17, 15) is 9.90 Å². The minimum absolute atomic E-state index is 0.338. The molecule has 0 saturated heterocycles. The first-order valence-corrected chi connectivity index (χ1v) is 7.03. The number of aromatic carboxylic acids is 1. The van der Waals surface area contributed by atoms with Gasteiger partial charge in [0.15, 0.2) is 0 Å². The lowest BCUT2D eigenvalue weighted by Gasteiger charge is -2.13. The normalized spacial score (nSPS) is 10.7. The Morgan fingerprint density at radius 1 is 1.32 bits per heavy atom. The van der Waals surface area contributed by atoms with E-state index in [1.165, 1.54) is 0 Å². The lowest BCUT2D eigenvalue weighted by Crippen LogP contribution is -2.09. The van der Waals surface area contributed by atoms with Crippen LogP contribution in [0, 0.1) is 6.92 Å². The fourth-order valence-corrected chi connectivity index (χ4v) is 2.67. The molecule has 0 aliphatic heterocycles. The average Bonchev–Trinajstić information content (AvgIpc) is 2.77. The van der Waals surface area contributed by atoms with Gasteiger partial charge in [0, 0.05) is 22.3 Å². The summed E-state index contributed by atoms with van der Waals surface area (Å²) in [6, 6.07) is 9.56. The van der Waals surface area contributed by atoms with Gasteiger partial charge in [-0.1, -0.05) is 25.1 Å². The van der Waals surface area contributed by atoms with Crippen LogP contribution in [0.4, 0.5) is 0 Å². The van der Waals surface area contributed by atoms with Gasteiger partial charge in [0.2, 0.25) is 0 Å². The molecule has 100 valence electrons. The molecule has 0 saturated carbocycles. The highest BCUT2D eigenvalue weighted by Crippen LogP contribution is 2.32. The van der Waals surface area contributed by atoms with Crippen LogP contribution in [-0.4, -0.2) is 15.6 Å². The topological polar surface area (TPSA) is 42.2 Å². The van der Waals surface area contributed by atoms with E-state index in [1.54, 1.807) is 6.07 Å². The van der Waals surface area contributed by atoms with Gasteiger partial charge < -0.3 is 9.67 Å². The Hall–Kier alpha value is -1.55. The number of hydrogen-bond donors (Lipinski definition) is 1. The zero-order valence-corrected chi connectivity index (χ0v) is 12.6. The van der Waals surface area contributed by atoms with Crippen molar-refractivity contribution >= 4 is 21.9 Å². The summed E-state index contributed by atoms with van der Waals surface area (Å²) in [6.45, 7) is 4.77. The van der Waals surface area contributed by atoms with Crippen molar-refractivity contribution in [1.29, 1.82) is 0 Å². The van der Waals surface area contributed by atoms with E-state index in [-0.39, 0.29) is 0 Å². The number of aromatic nitrogens is 1. The zero-order valence-electron chi connectivity index (χ0n) is 11.0. The molecule has 2 aromatic rings. The molecule has 1 aromatic heterocycles. The first-order valence-electron chi connectivity index (χ1n) is 6.24. The van der Waals surface area contributed by atoms with Crippen LogP contribution < -0.4 is 0 Å². The monoisotopic (exact) mass is 321 g/mol. The molecular formula is C15H16BrNO2. The van der Waals surface area contributed by atoms with Crippen molar-refractivity contribution in [3.63, 3.8) is 0 Å². The van der Waals surface area contributed by atoms with Crippen LogP contribution in [0.5, 0.6) is 0 Å². The van der Waals surface area contributed by atoms with Gasteiger partial charge in [0.05, 0.1) is 0 Å². The Bertz CT molecular complexity index is 617. The molecule has 0 fully saturated rings. The number of rotatable bonds is 4. The second-order valence-corrected chi connectivity index (χ2v) is 5.29. The zero-order chi connectivity index (χ0) is 14.0. The summed E-state index contributed by atoms with van der Waals surface area (Å²) >= 11 is 3.59. The summed E-state index contributed by atoms with van der Waals surface area (Å²) in [5.41, 5.74) is 3.44. The van der Waals surface area contributed by atoms with Gasteiger partial charge in [0.1, 0.15) is 5.69 Å². The van der Waals surface area contributed by atoms with Gasteiger partial charge in [-0.3, -0.25) is 0 Å². The molecule has 0 bridgehead atoms. The number of carboxylic acids is 1. The first kappa shape index (κ1) is 13.9. The predicted octanol–water partition coefficient (Wildman–Crippen LogP) is 4.33. The Morgan fingerprint density at radius 2 is 2.05 bits per heavy atom. The van der Waals surface area contributed by atoms with Gasteiger partial charge in [-0.15, -0.1) is 0 Å². The van der Waals surface area contributed by atoms with Gasteiger partial charge in [-0.2, -0.15) is 0 Å². The summed E-state index contributed by atoms with van der Waals surface area (Å²) in [6.07, 6.45) is 0.894. The quantitative estimate of drug-likeness (QED) is 0.910. The van der Waals surface area contributed by atoms with Gasteiger partial charge >= 0.3 is 5.97 Å². The molecular weight excluding hydrogens is 306 g/mol. The van der Waals surface area contributed by atoms with Crippen molar-refractivity contribution in [1.82, 2.24) is 4.57 Å². The maximum absolute atomic E-state index is 11.3. The number of nitrogens with zero attached hydrogens (tertiary/aromatic N) is 1. The van der Waals surface area contributed by atoms with Crippen molar-refractivity contribution in [3.05, 3.63) is 46.1 Å². The molecule has 0 aliphatic rings. The number of benzene rings is 1. The second-order valence-electron chi connectivity index (χ2n) is 4.50. The van der Waals surface area contributed by atoms with Crippen molar-refractivity contribution in [2.45, 2.75) is 26.8 Å². The molecule has 1 N–H and O–H groups in total. The lowest BCUT2D eigenvalue weighted by molar-refractivity contribution is 0.0685. The van der Waals surface area contributed by atoms with Crippen LogP contribution in [0.1, 0.15) is 29.4 Å². The minimum atomic E-state index is -0.886. The fourth-order valence-electron chi connectivity index (χ4n) is 2.20. The van der Waals surface area contributed by atoms with E-state index in [0.717, 1.165) is 27.7 Å². The summed E-state index contributed by atoms with van der Waals surface area (Å²) < 4.78 is 2.88. The molecule has 3 nitrogen and oxygen atoms in total. The second kappa shape index (κ2) is 5.61. The molecule has 0 amide bonds. The number of halogens is 1. The number of hydrogen-bond acceptors (Lipinski definition) is 1. The predicted molar refractivity (Wildman–Crippen MR) is 79.6 cm³/mol. The van der Waals surface area contributed by atoms with Crippen molar-refractivity contribution < 1.29 is 9.90 Å². The molecule has 0 radical (unpaired) electrons. The SMILES string of the molecule is CCCn1c(C(=O)O)ccc1-c1cccc(C)c1Br. The summed E-state index contributed by atoms with van der Waals surface area (Å²) in [4.78, 5) is 11.3. The molecule has 0 aliphatic carbocycles. The highest BCUT2D eigenvalue weighted by atomic mass is 79.9. The van der Waals surface area contributed by atoms with Gasteiger partial charge in [-0.25, -0.2) is 4.79 Å². The maximum Gasteiger partial charge on any atom is 0.352 e. The first-order chi connectivity index (χ1) is 9.06. The average molecular weight is 322 g/mol. The number of carbonyl (C=O) groups is 1. The van der Waals surface area contributed by atoms with Crippen LogP contribution in [-0.2, 0) is 6.54 Å².